The van der Waals surface area contributed by atoms with Gasteiger partial charge in [0, 0.05) is 17.1 Å². The topological polar surface area (TPSA) is 71.8 Å². The van der Waals surface area contributed by atoms with Crippen molar-refractivity contribution in [2.75, 3.05) is 0 Å². The highest BCUT2D eigenvalue weighted by atomic mass is 32.2. The standard InChI is InChI=1S/C9H13N3OS/c1-2-6(10)8-11-7-4-14-3-5(7)9(13)12-8/h6H,2-4,10H2,1H3,(H,11,12,13). The molecule has 1 aromatic heterocycles. The molecule has 76 valence electrons. The van der Waals surface area contributed by atoms with E-state index in [0.29, 0.717) is 5.82 Å². The lowest BCUT2D eigenvalue weighted by Gasteiger charge is -2.08. The first-order valence-corrected chi connectivity index (χ1v) is 5.83. The Morgan fingerprint density at radius 2 is 2.43 bits per heavy atom. The monoisotopic (exact) mass is 211 g/mol. The normalized spacial score (nSPS) is 16.7. The number of hydrogen-bond acceptors (Lipinski definition) is 4. The van der Waals surface area contributed by atoms with Gasteiger partial charge in [-0.1, -0.05) is 6.92 Å². The van der Waals surface area contributed by atoms with Gasteiger partial charge in [0.05, 0.1) is 11.7 Å². The van der Waals surface area contributed by atoms with Gasteiger partial charge in [-0.3, -0.25) is 4.79 Å². The van der Waals surface area contributed by atoms with Gasteiger partial charge in [0.2, 0.25) is 0 Å². The molecule has 3 N–H and O–H groups in total. The summed E-state index contributed by atoms with van der Waals surface area (Å²) < 4.78 is 0. The summed E-state index contributed by atoms with van der Waals surface area (Å²) in [5.74, 6) is 2.24. The molecule has 14 heavy (non-hydrogen) atoms. The summed E-state index contributed by atoms with van der Waals surface area (Å²) in [6.45, 7) is 1.98. The Morgan fingerprint density at radius 1 is 1.64 bits per heavy atom. The van der Waals surface area contributed by atoms with E-state index < -0.39 is 0 Å². The number of nitrogens with zero attached hydrogens (tertiary/aromatic N) is 1. The summed E-state index contributed by atoms with van der Waals surface area (Å²) in [4.78, 5) is 18.7. The maximum atomic E-state index is 11.6. The molecule has 1 aliphatic rings. The molecule has 1 aromatic rings. The van der Waals surface area contributed by atoms with E-state index in [-0.39, 0.29) is 11.6 Å². The molecule has 0 aliphatic carbocycles. The van der Waals surface area contributed by atoms with Gasteiger partial charge in [-0.15, -0.1) is 0 Å². The highest BCUT2D eigenvalue weighted by molar-refractivity contribution is 7.98. The maximum Gasteiger partial charge on any atom is 0.255 e. The number of nitrogens with two attached hydrogens (primary N) is 1. The Bertz CT molecular complexity index is 402. The molecule has 2 rings (SSSR count). The maximum absolute atomic E-state index is 11.6. The van der Waals surface area contributed by atoms with Crippen molar-refractivity contribution in [3.63, 3.8) is 0 Å². The lowest BCUT2D eigenvalue weighted by molar-refractivity contribution is 0.640. The molecule has 0 saturated carbocycles. The van der Waals surface area contributed by atoms with Crippen molar-refractivity contribution in [2.45, 2.75) is 30.9 Å². The molecule has 5 heteroatoms. The van der Waals surface area contributed by atoms with E-state index in [0.717, 1.165) is 29.2 Å². The Labute approximate surface area is 86.3 Å². The molecule has 0 radical (unpaired) electrons. The van der Waals surface area contributed by atoms with E-state index in [9.17, 15) is 4.79 Å². The quantitative estimate of drug-likeness (QED) is 0.763. The van der Waals surface area contributed by atoms with Crippen LogP contribution in [0.4, 0.5) is 0 Å². The molecule has 1 aliphatic heterocycles. The minimum atomic E-state index is -0.154. The molecule has 4 nitrogen and oxygen atoms in total. The first kappa shape index (κ1) is 9.73. The minimum Gasteiger partial charge on any atom is -0.321 e. The van der Waals surface area contributed by atoms with E-state index in [1.807, 2.05) is 6.92 Å². The zero-order chi connectivity index (χ0) is 10.1. The largest absolute Gasteiger partial charge is 0.321 e. The summed E-state index contributed by atoms with van der Waals surface area (Å²) in [6.07, 6.45) is 0.787. The SMILES string of the molecule is CCC(N)c1nc2c(c(=O)[nH]1)CSC2. The average Bonchev–Trinajstić information content (AvgIpc) is 2.64. The predicted molar refractivity (Wildman–Crippen MR) is 57.1 cm³/mol. The fourth-order valence-electron chi connectivity index (χ4n) is 1.45. The van der Waals surface area contributed by atoms with Gasteiger partial charge in [-0.05, 0) is 6.42 Å². The van der Waals surface area contributed by atoms with E-state index in [4.69, 9.17) is 5.73 Å². The zero-order valence-corrected chi connectivity index (χ0v) is 8.86. The van der Waals surface area contributed by atoms with Gasteiger partial charge in [0.15, 0.2) is 0 Å². The molecule has 0 amide bonds. The van der Waals surface area contributed by atoms with Gasteiger partial charge in [0.1, 0.15) is 5.82 Å². The van der Waals surface area contributed by atoms with Crippen LogP contribution in [-0.4, -0.2) is 9.97 Å². The van der Waals surface area contributed by atoms with Crippen molar-refractivity contribution in [3.8, 4) is 0 Å². The smallest absolute Gasteiger partial charge is 0.255 e. The van der Waals surface area contributed by atoms with E-state index >= 15 is 0 Å². The summed E-state index contributed by atoms with van der Waals surface area (Å²) >= 11 is 1.72. The van der Waals surface area contributed by atoms with Crippen LogP contribution in [0.3, 0.4) is 0 Å². The number of aromatic amines is 1. The van der Waals surface area contributed by atoms with Gasteiger partial charge in [-0.2, -0.15) is 11.8 Å². The summed E-state index contributed by atoms with van der Waals surface area (Å²) in [5.41, 5.74) is 7.54. The van der Waals surface area contributed by atoms with Crippen molar-refractivity contribution >= 4 is 11.8 Å². The fraction of sp³-hybridized carbons (Fsp3) is 0.556. The summed E-state index contributed by atoms with van der Waals surface area (Å²) in [7, 11) is 0. The van der Waals surface area contributed by atoms with Gasteiger partial charge in [0.25, 0.3) is 5.56 Å². The van der Waals surface area contributed by atoms with Crippen LogP contribution in [0.1, 0.15) is 36.5 Å². The highest BCUT2D eigenvalue weighted by Crippen LogP contribution is 2.25. The number of aromatic nitrogens is 2. The van der Waals surface area contributed by atoms with Crippen LogP contribution in [0.25, 0.3) is 0 Å². The van der Waals surface area contributed by atoms with Crippen LogP contribution in [0.2, 0.25) is 0 Å². The number of rotatable bonds is 2. The lowest BCUT2D eigenvalue weighted by Crippen LogP contribution is -2.22. The number of fused-ring (bicyclic) bond motifs is 1. The molecular weight excluding hydrogens is 198 g/mol. The molecule has 0 saturated heterocycles. The number of hydrogen-bond donors (Lipinski definition) is 2. The van der Waals surface area contributed by atoms with Gasteiger partial charge in [-0.25, -0.2) is 4.98 Å². The fourth-order valence-corrected chi connectivity index (χ4v) is 2.49. The van der Waals surface area contributed by atoms with Crippen LogP contribution in [0, 0.1) is 0 Å². The minimum absolute atomic E-state index is 0.0149. The molecule has 0 fully saturated rings. The van der Waals surface area contributed by atoms with Crippen molar-refractivity contribution in [1.82, 2.24) is 9.97 Å². The van der Waals surface area contributed by atoms with Crippen molar-refractivity contribution in [2.24, 2.45) is 5.73 Å². The molecule has 0 spiro atoms. The molecule has 2 heterocycles. The Balaban J connectivity index is 2.47. The number of nitrogens with one attached hydrogen (secondary N) is 1. The number of H-pyrrole nitrogens is 1. The van der Waals surface area contributed by atoms with Gasteiger partial charge < -0.3 is 10.7 Å². The Morgan fingerprint density at radius 3 is 3.14 bits per heavy atom. The first-order valence-electron chi connectivity index (χ1n) is 4.67. The van der Waals surface area contributed by atoms with E-state index in [1.54, 1.807) is 11.8 Å². The van der Waals surface area contributed by atoms with Crippen LogP contribution in [0.15, 0.2) is 4.79 Å². The Kier molecular flexibility index (Phi) is 2.60. The van der Waals surface area contributed by atoms with Crippen molar-refractivity contribution in [3.05, 3.63) is 27.4 Å². The second-order valence-corrected chi connectivity index (χ2v) is 4.37. The van der Waals surface area contributed by atoms with Crippen LogP contribution < -0.4 is 11.3 Å². The van der Waals surface area contributed by atoms with Gasteiger partial charge >= 0.3 is 0 Å². The highest BCUT2D eigenvalue weighted by Gasteiger charge is 2.18. The van der Waals surface area contributed by atoms with Crippen LogP contribution >= 0.6 is 11.8 Å². The third-order valence-corrected chi connectivity index (χ3v) is 3.37. The van der Waals surface area contributed by atoms with Crippen LogP contribution in [0.5, 0.6) is 0 Å². The van der Waals surface area contributed by atoms with Crippen molar-refractivity contribution < 1.29 is 0 Å². The van der Waals surface area contributed by atoms with E-state index in [1.165, 1.54) is 0 Å². The molecular formula is C9H13N3OS. The van der Waals surface area contributed by atoms with Crippen molar-refractivity contribution in [1.29, 1.82) is 0 Å². The zero-order valence-electron chi connectivity index (χ0n) is 8.04. The predicted octanol–water partition coefficient (Wildman–Crippen LogP) is 0.927. The second kappa shape index (κ2) is 3.74. The molecule has 0 bridgehead atoms. The lowest BCUT2D eigenvalue weighted by atomic mass is 10.2. The summed E-state index contributed by atoms with van der Waals surface area (Å²) in [5, 5.41) is 0. The Hall–Kier alpha value is -0.810. The second-order valence-electron chi connectivity index (χ2n) is 3.38. The number of thioether (sulfide) groups is 1. The van der Waals surface area contributed by atoms with Crippen LogP contribution in [-0.2, 0) is 11.5 Å². The van der Waals surface area contributed by atoms with E-state index in [2.05, 4.69) is 9.97 Å². The summed E-state index contributed by atoms with van der Waals surface area (Å²) in [6, 6.07) is -0.154. The molecule has 0 aromatic carbocycles. The third-order valence-electron chi connectivity index (χ3n) is 2.40. The third kappa shape index (κ3) is 1.57. The first-order chi connectivity index (χ1) is 6.72. The molecule has 1 unspecified atom stereocenters. The average molecular weight is 211 g/mol. The molecule has 1 atom stereocenters.